The Morgan fingerprint density at radius 1 is 1.62 bits per heavy atom. The van der Waals surface area contributed by atoms with Gasteiger partial charge in [0.05, 0.1) is 0 Å². The zero-order valence-electron chi connectivity index (χ0n) is 5.56. The van der Waals surface area contributed by atoms with Crippen LogP contribution in [0.4, 0.5) is 0 Å². The van der Waals surface area contributed by atoms with Crippen LogP contribution < -0.4 is 0 Å². The average Bonchev–Trinajstić information content (AvgIpc) is 1.67. The third-order valence-corrected chi connectivity index (χ3v) is 2.14. The molecule has 0 heterocycles. The van der Waals surface area contributed by atoms with Crippen molar-refractivity contribution in [3.8, 4) is 0 Å². The first-order valence-corrected chi connectivity index (χ1v) is 3.26. The number of hydrogen-bond donors (Lipinski definition) is 1. The zero-order chi connectivity index (χ0) is 6.78. The lowest BCUT2D eigenvalue weighted by Crippen LogP contribution is -2.22. The molecule has 48 valence electrons. The summed E-state index contributed by atoms with van der Waals surface area (Å²) in [5, 5.41) is 0. The summed E-state index contributed by atoms with van der Waals surface area (Å²) < 4.78 is 0. The van der Waals surface area contributed by atoms with Crippen LogP contribution in [0.25, 0.3) is 0 Å². The number of carbonyl (C=O) groups is 1. The Balaban J connectivity index is 3.91. The Kier molecular flexibility index (Phi) is 2.54. The smallest absolute Gasteiger partial charge is 0.136 e. The highest BCUT2D eigenvalue weighted by molar-refractivity contribution is 7.80. The first kappa shape index (κ1) is 8.02. The highest BCUT2D eigenvalue weighted by Crippen LogP contribution is 2.16. The molecule has 8 heavy (non-hydrogen) atoms. The second-order valence-corrected chi connectivity index (χ2v) is 2.91. The van der Waals surface area contributed by atoms with Gasteiger partial charge in [-0.05, 0) is 6.92 Å². The molecular weight excluding hydrogens is 120 g/mol. The molecule has 2 heteroatoms. The van der Waals surface area contributed by atoms with Gasteiger partial charge in [0.2, 0.25) is 0 Å². The minimum absolute atomic E-state index is 0.201. The Morgan fingerprint density at radius 2 is 2.00 bits per heavy atom. The summed E-state index contributed by atoms with van der Waals surface area (Å²) in [5.74, 6) is 0.829. The van der Waals surface area contributed by atoms with Crippen molar-refractivity contribution in [2.45, 2.75) is 20.8 Å². The second-order valence-electron chi connectivity index (χ2n) is 2.60. The molecule has 1 nitrogen and oxygen atoms in total. The van der Waals surface area contributed by atoms with Gasteiger partial charge in [-0.15, -0.1) is 0 Å². The van der Waals surface area contributed by atoms with Crippen molar-refractivity contribution in [1.82, 2.24) is 0 Å². The van der Waals surface area contributed by atoms with Gasteiger partial charge in [0.15, 0.2) is 0 Å². The van der Waals surface area contributed by atoms with Gasteiger partial charge in [-0.1, -0.05) is 13.8 Å². The van der Waals surface area contributed by atoms with E-state index in [-0.39, 0.29) is 11.2 Å². The van der Waals surface area contributed by atoms with Gasteiger partial charge < -0.3 is 0 Å². The largest absolute Gasteiger partial charge is 0.299 e. The van der Waals surface area contributed by atoms with Gasteiger partial charge >= 0.3 is 0 Å². The predicted octanol–water partition coefficient (Wildman–Crippen LogP) is 1.53. The second kappa shape index (κ2) is 2.53. The highest BCUT2D eigenvalue weighted by atomic mass is 32.1. The molecule has 0 radical (unpaired) electrons. The van der Waals surface area contributed by atoms with E-state index in [2.05, 4.69) is 12.6 Å². The lowest BCUT2D eigenvalue weighted by molar-refractivity contribution is -0.123. The van der Waals surface area contributed by atoms with E-state index >= 15 is 0 Å². The standard InChI is InChI=1S/C6H12OS/c1-5(7)6(2,3)4-8/h8H,4H2,1-3H3. The topological polar surface area (TPSA) is 17.1 Å². The minimum atomic E-state index is -0.233. The van der Waals surface area contributed by atoms with Crippen molar-refractivity contribution in [1.29, 1.82) is 0 Å². The number of Topliss-reactive ketones (excluding diaryl/α,β-unsaturated/α-hetero) is 1. The van der Waals surface area contributed by atoms with Gasteiger partial charge in [-0.25, -0.2) is 0 Å². The Hall–Kier alpha value is 0.0200. The van der Waals surface area contributed by atoms with Crippen LogP contribution in [0.5, 0.6) is 0 Å². The molecule has 0 atom stereocenters. The molecular formula is C6H12OS. The highest BCUT2D eigenvalue weighted by Gasteiger charge is 2.20. The molecule has 0 bridgehead atoms. The molecule has 0 saturated heterocycles. The fraction of sp³-hybridized carbons (Fsp3) is 0.833. The third kappa shape index (κ3) is 1.86. The van der Waals surface area contributed by atoms with Gasteiger partial charge in [0, 0.05) is 11.2 Å². The summed E-state index contributed by atoms with van der Waals surface area (Å²) in [6, 6.07) is 0. The SMILES string of the molecule is CC(=O)C(C)(C)CS. The number of ketones is 1. The monoisotopic (exact) mass is 132 g/mol. The van der Waals surface area contributed by atoms with Gasteiger partial charge in [-0.3, -0.25) is 4.79 Å². The lowest BCUT2D eigenvalue weighted by atomic mass is 9.92. The number of rotatable bonds is 2. The first-order valence-electron chi connectivity index (χ1n) is 2.62. The number of carbonyl (C=O) groups excluding carboxylic acids is 1. The quantitative estimate of drug-likeness (QED) is 0.564. The lowest BCUT2D eigenvalue weighted by Gasteiger charge is -2.16. The van der Waals surface area contributed by atoms with Crippen molar-refractivity contribution in [3.05, 3.63) is 0 Å². The van der Waals surface area contributed by atoms with Crippen LogP contribution >= 0.6 is 12.6 Å². The molecule has 0 aromatic carbocycles. The molecule has 0 spiro atoms. The van der Waals surface area contributed by atoms with E-state index in [9.17, 15) is 4.79 Å². The van der Waals surface area contributed by atoms with Crippen LogP contribution in [-0.4, -0.2) is 11.5 Å². The van der Waals surface area contributed by atoms with Crippen LogP contribution in [0.1, 0.15) is 20.8 Å². The fourth-order valence-corrected chi connectivity index (χ4v) is 0.334. The molecule has 0 aliphatic carbocycles. The molecule has 0 rings (SSSR count). The number of hydrogen-bond acceptors (Lipinski definition) is 2. The summed E-state index contributed by atoms with van der Waals surface area (Å²) in [4.78, 5) is 10.6. The van der Waals surface area contributed by atoms with Crippen molar-refractivity contribution in [2.75, 3.05) is 5.75 Å². The Morgan fingerprint density at radius 3 is 2.00 bits per heavy atom. The van der Waals surface area contributed by atoms with Gasteiger partial charge in [-0.2, -0.15) is 12.6 Å². The Labute approximate surface area is 55.9 Å². The summed E-state index contributed by atoms with van der Waals surface area (Å²) >= 11 is 4.02. The molecule has 0 amide bonds. The summed E-state index contributed by atoms with van der Waals surface area (Å²) in [7, 11) is 0. The number of thiol groups is 1. The van der Waals surface area contributed by atoms with E-state index in [1.165, 1.54) is 0 Å². The molecule has 0 fully saturated rings. The molecule has 0 aromatic heterocycles. The van der Waals surface area contributed by atoms with Crippen LogP contribution in [0, 0.1) is 5.41 Å². The third-order valence-electron chi connectivity index (χ3n) is 1.35. The van der Waals surface area contributed by atoms with Crippen molar-refractivity contribution >= 4 is 18.4 Å². The van der Waals surface area contributed by atoms with E-state index in [1.807, 2.05) is 13.8 Å². The van der Waals surface area contributed by atoms with E-state index in [4.69, 9.17) is 0 Å². The van der Waals surface area contributed by atoms with E-state index < -0.39 is 0 Å². The van der Waals surface area contributed by atoms with Crippen LogP contribution in [0.2, 0.25) is 0 Å². The van der Waals surface area contributed by atoms with Gasteiger partial charge in [0.25, 0.3) is 0 Å². The van der Waals surface area contributed by atoms with Crippen LogP contribution in [0.15, 0.2) is 0 Å². The zero-order valence-corrected chi connectivity index (χ0v) is 6.46. The van der Waals surface area contributed by atoms with E-state index in [0.29, 0.717) is 5.75 Å². The van der Waals surface area contributed by atoms with Gasteiger partial charge in [0.1, 0.15) is 5.78 Å². The molecule has 0 aliphatic rings. The predicted molar refractivity (Wildman–Crippen MR) is 38.3 cm³/mol. The summed E-state index contributed by atoms with van der Waals surface area (Å²) in [6.07, 6.45) is 0. The Bertz CT molecular complexity index is 96.7. The van der Waals surface area contributed by atoms with Crippen molar-refractivity contribution < 1.29 is 4.79 Å². The maximum Gasteiger partial charge on any atom is 0.136 e. The molecule has 0 N–H and O–H groups in total. The molecule has 0 unspecified atom stereocenters. The van der Waals surface area contributed by atoms with Crippen molar-refractivity contribution in [2.24, 2.45) is 5.41 Å². The van der Waals surface area contributed by atoms with E-state index in [0.717, 1.165) is 0 Å². The first-order chi connectivity index (χ1) is 3.50. The molecule has 0 aliphatic heterocycles. The van der Waals surface area contributed by atoms with Crippen LogP contribution in [0.3, 0.4) is 0 Å². The van der Waals surface area contributed by atoms with Crippen molar-refractivity contribution in [3.63, 3.8) is 0 Å². The maximum absolute atomic E-state index is 10.6. The molecule has 0 saturated carbocycles. The molecule has 0 aromatic rings. The minimum Gasteiger partial charge on any atom is -0.299 e. The summed E-state index contributed by atoms with van der Waals surface area (Å²) in [6.45, 7) is 5.38. The van der Waals surface area contributed by atoms with Crippen LogP contribution in [-0.2, 0) is 4.79 Å². The fourth-order valence-electron chi connectivity index (χ4n) is 0.111. The van der Waals surface area contributed by atoms with E-state index in [1.54, 1.807) is 6.92 Å². The summed E-state index contributed by atoms with van der Waals surface area (Å²) in [5.41, 5.74) is -0.233. The normalized spacial score (nSPS) is 11.5. The maximum atomic E-state index is 10.6. The average molecular weight is 132 g/mol.